The van der Waals surface area contributed by atoms with Gasteiger partial charge in [-0.3, -0.25) is 0 Å². The molecule has 0 spiro atoms. The molecule has 0 aliphatic carbocycles. The van der Waals surface area contributed by atoms with Crippen LogP contribution in [0.5, 0.6) is 0 Å². The molecule has 2 fully saturated rings. The predicted molar refractivity (Wildman–Crippen MR) is 73.2 cm³/mol. The van der Waals surface area contributed by atoms with E-state index in [1.807, 2.05) is 0 Å². The second-order valence-corrected chi connectivity index (χ2v) is 5.75. The van der Waals surface area contributed by atoms with Crippen LogP contribution in [0.25, 0.3) is 0 Å². The molecule has 2 heterocycles. The number of aliphatic hydroxyl groups is 7. The number of hydrogen-bond donors (Lipinski definition) is 7. The van der Waals surface area contributed by atoms with E-state index in [1.54, 1.807) is 0 Å². The molecular formula is C13H24O11. The molecule has 2 saturated heterocycles. The molecule has 0 saturated carbocycles. The topological polar surface area (TPSA) is 179 Å². The molecule has 142 valence electrons. The van der Waals surface area contributed by atoms with Crippen LogP contribution >= 0.6 is 0 Å². The van der Waals surface area contributed by atoms with E-state index < -0.39 is 68.7 Å². The number of hydrogen-bond acceptors (Lipinski definition) is 11. The lowest BCUT2D eigenvalue weighted by atomic mass is 9.99. The summed E-state index contributed by atoms with van der Waals surface area (Å²) in [7, 11) is 0. The van der Waals surface area contributed by atoms with E-state index in [-0.39, 0.29) is 13.0 Å². The van der Waals surface area contributed by atoms with E-state index in [1.165, 1.54) is 0 Å². The summed E-state index contributed by atoms with van der Waals surface area (Å²) in [6, 6.07) is 0. The van der Waals surface area contributed by atoms with E-state index in [0.717, 1.165) is 0 Å². The Hall–Kier alpha value is -0.440. The van der Waals surface area contributed by atoms with E-state index in [9.17, 15) is 25.5 Å². The quantitative estimate of drug-likeness (QED) is 0.228. The zero-order chi connectivity index (χ0) is 17.9. The van der Waals surface area contributed by atoms with Crippen molar-refractivity contribution in [1.82, 2.24) is 0 Å². The summed E-state index contributed by atoms with van der Waals surface area (Å²) in [5.41, 5.74) is 0. The van der Waals surface area contributed by atoms with Crippen LogP contribution in [-0.4, -0.2) is 111 Å². The van der Waals surface area contributed by atoms with Gasteiger partial charge in [0.15, 0.2) is 19.4 Å². The summed E-state index contributed by atoms with van der Waals surface area (Å²) in [6.07, 6.45) is -11.6. The van der Waals surface area contributed by atoms with Gasteiger partial charge in [0, 0.05) is 6.42 Å². The lowest BCUT2D eigenvalue weighted by Gasteiger charge is -2.40. The Morgan fingerprint density at radius 3 is 1.96 bits per heavy atom. The Bertz CT molecular complexity index is 381. The highest BCUT2D eigenvalue weighted by molar-refractivity contribution is 4.88. The zero-order valence-electron chi connectivity index (χ0n) is 12.8. The number of rotatable bonds is 6. The summed E-state index contributed by atoms with van der Waals surface area (Å²) in [5.74, 6) is 0. The highest BCUT2D eigenvalue weighted by atomic mass is 16.8. The monoisotopic (exact) mass is 356 g/mol. The van der Waals surface area contributed by atoms with Gasteiger partial charge in [-0.05, 0) is 0 Å². The minimum Gasteiger partial charge on any atom is -0.394 e. The van der Waals surface area contributed by atoms with E-state index in [2.05, 4.69) is 0 Å². The third kappa shape index (κ3) is 4.39. The molecule has 0 aromatic rings. The molecular weight excluding hydrogens is 332 g/mol. The summed E-state index contributed by atoms with van der Waals surface area (Å²) < 4.78 is 20.5. The van der Waals surface area contributed by atoms with Crippen LogP contribution in [0.1, 0.15) is 6.42 Å². The Balaban J connectivity index is 1.84. The largest absolute Gasteiger partial charge is 0.394 e. The van der Waals surface area contributed by atoms with Crippen molar-refractivity contribution < 1.29 is 54.7 Å². The third-order valence-electron chi connectivity index (χ3n) is 4.02. The van der Waals surface area contributed by atoms with Crippen LogP contribution in [0.2, 0.25) is 0 Å². The average molecular weight is 356 g/mol. The first-order valence-corrected chi connectivity index (χ1v) is 7.55. The fourth-order valence-electron chi connectivity index (χ4n) is 2.55. The fourth-order valence-corrected chi connectivity index (χ4v) is 2.55. The van der Waals surface area contributed by atoms with Gasteiger partial charge in [-0.1, -0.05) is 0 Å². The van der Waals surface area contributed by atoms with Gasteiger partial charge in [0.25, 0.3) is 0 Å². The SMILES string of the molecule is OCC1CC(O)C(O)C(OCOC2OC(CO)C(O)C(O)C2O)O1. The van der Waals surface area contributed by atoms with Crippen molar-refractivity contribution in [2.75, 3.05) is 20.0 Å². The highest BCUT2D eigenvalue weighted by Crippen LogP contribution is 2.24. The molecule has 0 aromatic carbocycles. The minimum atomic E-state index is -1.59. The Labute approximate surface area is 137 Å². The van der Waals surface area contributed by atoms with E-state index >= 15 is 0 Å². The molecule has 24 heavy (non-hydrogen) atoms. The molecule has 0 bridgehead atoms. The van der Waals surface area contributed by atoms with Crippen LogP contribution in [0.4, 0.5) is 0 Å². The lowest BCUT2D eigenvalue weighted by molar-refractivity contribution is -0.343. The van der Waals surface area contributed by atoms with Crippen LogP contribution in [0.15, 0.2) is 0 Å². The van der Waals surface area contributed by atoms with Gasteiger partial charge in [0.2, 0.25) is 0 Å². The van der Waals surface area contributed by atoms with Gasteiger partial charge in [0.1, 0.15) is 30.5 Å². The molecule has 0 amide bonds. The van der Waals surface area contributed by atoms with Crippen molar-refractivity contribution >= 4 is 0 Å². The first-order valence-electron chi connectivity index (χ1n) is 7.55. The normalized spacial score (nSPS) is 46.9. The standard InChI is InChI=1S/C13H24O11/c14-2-5-1-6(16)8(17)12(23-5)21-4-22-13-11(20)10(19)9(18)7(3-15)24-13/h5-20H,1-4H2. The summed E-state index contributed by atoms with van der Waals surface area (Å²) in [6.45, 7) is -1.51. The molecule has 0 aromatic heterocycles. The van der Waals surface area contributed by atoms with Gasteiger partial charge in [-0.25, -0.2) is 0 Å². The van der Waals surface area contributed by atoms with E-state index in [0.29, 0.717) is 0 Å². The molecule has 11 heteroatoms. The first-order chi connectivity index (χ1) is 11.4. The van der Waals surface area contributed by atoms with Crippen molar-refractivity contribution in [3.8, 4) is 0 Å². The molecule has 9 atom stereocenters. The highest BCUT2D eigenvalue weighted by Gasteiger charge is 2.44. The summed E-state index contributed by atoms with van der Waals surface area (Å²) in [4.78, 5) is 0. The molecule has 0 radical (unpaired) electrons. The first kappa shape index (κ1) is 19.9. The van der Waals surface area contributed by atoms with Crippen LogP contribution < -0.4 is 0 Å². The number of ether oxygens (including phenoxy) is 4. The second kappa shape index (κ2) is 8.78. The Kier molecular flexibility index (Phi) is 7.27. The predicted octanol–water partition coefficient (Wildman–Crippen LogP) is -4.39. The zero-order valence-corrected chi connectivity index (χ0v) is 12.8. The maximum absolute atomic E-state index is 9.78. The van der Waals surface area contributed by atoms with Crippen molar-refractivity contribution in [1.29, 1.82) is 0 Å². The fraction of sp³-hybridized carbons (Fsp3) is 1.00. The van der Waals surface area contributed by atoms with Crippen molar-refractivity contribution in [2.45, 2.75) is 61.7 Å². The van der Waals surface area contributed by atoms with Gasteiger partial charge >= 0.3 is 0 Å². The maximum Gasteiger partial charge on any atom is 0.189 e. The average Bonchev–Trinajstić information content (AvgIpc) is 2.58. The maximum atomic E-state index is 9.78. The van der Waals surface area contributed by atoms with Crippen molar-refractivity contribution in [3.63, 3.8) is 0 Å². The molecule has 9 unspecified atom stereocenters. The van der Waals surface area contributed by atoms with Gasteiger partial charge in [0.05, 0.1) is 25.4 Å². The third-order valence-corrected chi connectivity index (χ3v) is 4.02. The number of aliphatic hydroxyl groups excluding tert-OH is 7. The van der Waals surface area contributed by atoms with Crippen molar-refractivity contribution in [3.05, 3.63) is 0 Å². The van der Waals surface area contributed by atoms with Gasteiger partial charge in [-0.2, -0.15) is 0 Å². The second-order valence-electron chi connectivity index (χ2n) is 5.75. The van der Waals surface area contributed by atoms with Gasteiger partial charge in [-0.15, -0.1) is 0 Å². The van der Waals surface area contributed by atoms with Crippen LogP contribution in [0.3, 0.4) is 0 Å². The van der Waals surface area contributed by atoms with Crippen LogP contribution in [0, 0.1) is 0 Å². The van der Waals surface area contributed by atoms with E-state index in [4.69, 9.17) is 29.2 Å². The van der Waals surface area contributed by atoms with Crippen LogP contribution in [-0.2, 0) is 18.9 Å². The lowest BCUT2D eigenvalue weighted by Crippen LogP contribution is -2.59. The van der Waals surface area contributed by atoms with Gasteiger partial charge < -0.3 is 54.7 Å². The molecule has 2 aliphatic heterocycles. The smallest absolute Gasteiger partial charge is 0.189 e. The Morgan fingerprint density at radius 1 is 0.750 bits per heavy atom. The molecule has 2 rings (SSSR count). The minimum absolute atomic E-state index is 0.0467. The molecule has 11 nitrogen and oxygen atoms in total. The van der Waals surface area contributed by atoms with Crippen molar-refractivity contribution in [2.24, 2.45) is 0 Å². The summed E-state index contributed by atoms with van der Waals surface area (Å²) >= 11 is 0. The Morgan fingerprint density at radius 2 is 1.38 bits per heavy atom. The summed E-state index contributed by atoms with van der Waals surface area (Å²) in [5, 5.41) is 66.6. The molecule has 7 N–H and O–H groups in total. The molecule has 2 aliphatic rings.